The molecule has 0 unspecified atom stereocenters. The zero-order chi connectivity index (χ0) is 22.0. The summed E-state index contributed by atoms with van der Waals surface area (Å²) < 4.78 is 27.2. The van der Waals surface area contributed by atoms with Crippen molar-refractivity contribution in [3.63, 3.8) is 0 Å². The normalized spacial score (nSPS) is 14.6. The number of nitriles is 1. The van der Waals surface area contributed by atoms with Crippen molar-refractivity contribution in [2.24, 2.45) is 0 Å². The van der Waals surface area contributed by atoms with Crippen LogP contribution in [-0.2, 0) is 4.74 Å². The average Bonchev–Trinajstić information content (AvgIpc) is 3.18. The first-order valence-electron chi connectivity index (χ1n) is 9.96. The van der Waals surface area contributed by atoms with Gasteiger partial charge in [0.1, 0.15) is 24.6 Å². The number of carbonyl (C=O) groups is 1. The van der Waals surface area contributed by atoms with Crippen molar-refractivity contribution in [2.45, 2.75) is 38.9 Å². The number of hydrogen-bond acceptors (Lipinski definition) is 7. The Labute approximate surface area is 178 Å². The molecule has 0 atom stereocenters. The van der Waals surface area contributed by atoms with Crippen LogP contribution in [0, 0.1) is 17.1 Å². The minimum absolute atomic E-state index is 0.141. The van der Waals surface area contributed by atoms with Crippen LogP contribution >= 0.6 is 0 Å². The maximum absolute atomic E-state index is 14.5. The zero-order valence-corrected chi connectivity index (χ0v) is 17.2. The molecule has 0 N–H and O–H groups in total. The molecule has 0 saturated carbocycles. The van der Waals surface area contributed by atoms with E-state index in [4.69, 9.17) is 14.7 Å². The summed E-state index contributed by atoms with van der Waals surface area (Å²) in [5.74, 6) is -0.249. The molecule has 0 aliphatic carbocycles. The SMILES string of the molecule is CC(C)OC(=O)N1CCC(Oc2ncnc3c2ncn3-c2ccc(C#N)cc2F)CC1. The Hall–Kier alpha value is -3.74. The molecule has 9 nitrogen and oxygen atoms in total. The largest absolute Gasteiger partial charge is 0.473 e. The summed E-state index contributed by atoms with van der Waals surface area (Å²) in [5, 5.41) is 8.93. The number of fused-ring (bicyclic) bond motifs is 1. The van der Waals surface area contributed by atoms with Crippen LogP contribution in [-0.4, -0.2) is 55.8 Å². The van der Waals surface area contributed by atoms with Crippen molar-refractivity contribution in [3.05, 3.63) is 42.2 Å². The summed E-state index contributed by atoms with van der Waals surface area (Å²) in [6.07, 6.45) is 3.42. The Kier molecular flexibility index (Phi) is 5.66. The molecule has 0 bridgehead atoms. The Morgan fingerprint density at radius 3 is 2.71 bits per heavy atom. The van der Waals surface area contributed by atoms with Crippen LogP contribution in [0.2, 0.25) is 0 Å². The molecular weight excluding hydrogens is 403 g/mol. The Balaban J connectivity index is 1.51. The molecule has 10 heteroatoms. The molecular formula is C21H21FN6O3. The molecule has 160 valence electrons. The third-order valence-electron chi connectivity index (χ3n) is 4.95. The first-order chi connectivity index (χ1) is 15.0. The second-order valence-electron chi connectivity index (χ2n) is 7.48. The van der Waals surface area contributed by atoms with Gasteiger partial charge in [-0.25, -0.2) is 19.2 Å². The van der Waals surface area contributed by atoms with Crippen molar-refractivity contribution in [1.29, 1.82) is 5.26 Å². The standard InChI is InChI=1S/C21H21FN6O3/c1-13(2)30-21(29)27-7-5-15(6-8-27)31-20-18-19(24-11-25-20)28(12-26-18)17-4-3-14(10-23)9-16(17)22/h3-4,9,11-13,15H,5-8H2,1-2H3. The van der Waals surface area contributed by atoms with Crippen molar-refractivity contribution < 1.29 is 18.7 Å². The molecule has 1 fully saturated rings. The number of amides is 1. The number of carbonyl (C=O) groups excluding carboxylic acids is 1. The molecule has 0 radical (unpaired) electrons. The van der Waals surface area contributed by atoms with Gasteiger partial charge in [-0.15, -0.1) is 0 Å². The quantitative estimate of drug-likeness (QED) is 0.633. The molecule has 4 rings (SSSR count). The van der Waals surface area contributed by atoms with Crippen molar-refractivity contribution in [3.8, 4) is 17.6 Å². The van der Waals surface area contributed by atoms with Gasteiger partial charge in [0.15, 0.2) is 11.2 Å². The minimum Gasteiger partial charge on any atom is -0.473 e. The molecule has 31 heavy (non-hydrogen) atoms. The highest BCUT2D eigenvalue weighted by molar-refractivity contribution is 5.78. The highest BCUT2D eigenvalue weighted by Gasteiger charge is 2.26. The number of benzene rings is 1. The predicted octanol–water partition coefficient (Wildman–Crippen LogP) is 3.21. The molecule has 1 saturated heterocycles. The van der Waals surface area contributed by atoms with Crippen LogP contribution in [0.4, 0.5) is 9.18 Å². The van der Waals surface area contributed by atoms with Crippen LogP contribution in [0.1, 0.15) is 32.3 Å². The van der Waals surface area contributed by atoms with Gasteiger partial charge in [0.2, 0.25) is 5.88 Å². The lowest BCUT2D eigenvalue weighted by Crippen LogP contribution is -2.42. The number of likely N-dealkylation sites (tertiary alicyclic amines) is 1. The van der Waals surface area contributed by atoms with E-state index in [9.17, 15) is 9.18 Å². The summed E-state index contributed by atoms with van der Waals surface area (Å²) in [6.45, 7) is 4.68. The molecule has 1 aliphatic heterocycles. The van der Waals surface area contributed by atoms with Crippen LogP contribution in [0.25, 0.3) is 16.9 Å². The predicted molar refractivity (Wildman–Crippen MR) is 108 cm³/mol. The maximum atomic E-state index is 14.5. The van der Waals surface area contributed by atoms with E-state index in [2.05, 4.69) is 15.0 Å². The summed E-state index contributed by atoms with van der Waals surface area (Å²) >= 11 is 0. The van der Waals surface area contributed by atoms with Gasteiger partial charge >= 0.3 is 6.09 Å². The summed E-state index contributed by atoms with van der Waals surface area (Å²) in [7, 11) is 0. The van der Waals surface area contributed by atoms with E-state index in [0.717, 1.165) is 6.07 Å². The lowest BCUT2D eigenvalue weighted by molar-refractivity contribution is 0.0510. The Morgan fingerprint density at radius 2 is 2.03 bits per heavy atom. The number of imidazole rings is 1. The van der Waals surface area contributed by atoms with Gasteiger partial charge in [-0.1, -0.05) is 0 Å². The lowest BCUT2D eigenvalue weighted by Gasteiger charge is -2.31. The number of rotatable bonds is 4. The lowest BCUT2D eigenvalue weighted by atomic mass is 10.1. The first kappa shape index (κ1) is 20.5. The number of aromatic nitrogens is 4. The third-order valence-corrected chi connectivity index (χ3v) is 4.95. The van der Waals surface area contributed by atoms with Gasteiger partial charge in [0, 0.05) is 25.9 Å². The van der Waals surface area contributed by atoms with E-state index in [1.165, 1.54) is 29.4 Å². The van der Waals surface area contributed by atoms with Crippen molar-refractivity contribution >= 4 is 17.3 Å². The van der Waals surface area contributed by atoms with E-state index >= 15 is 0 Å². The maximum Gasteiger partial charge on any atom is 0.410 e. The van der Waals surface area contributed by atoms with Gasteiger partial charge in [0.25, 0.3) is 0 Å². The van der Waals surface area contributed by atoms with E-state index in [1.807, 2.05) is 19.9 Å². The van der Waals surface area contributed by atoms with Crippen LogP contribution in [0.15, 0.2) is 30.9 Å². The van der Waals surface area contributed by atoms with E-state index < -0.39 is 5.82 Å². The zero-order valence-electron chi connectivity index (χ0n) is 17.2. The van der Waals surface area contributed by atoms with Crippen LogP contribution in [0.3, 0.4) is 0 Å². The second kappa shape index (κ2) is 8.55. The Morgan fingerprint density at radius 1 is 1.26 bits per heavy atom. The first-order valence-corrected chi connectivity index (χ1v) is 9.96. The molecule has 3 heterocycles. The molecule has 1 aliphatic rings. The van der Waals surface area contributed by atoms with E-state index in [0.29, 0.717) is 43.0 Å². The molecule has 0 spiro atoms. The number of hydrogen-bond donors (Lipinski definition) is 0. The number of halogens is 1. The topological polar surface area (TPSA) is 106 Å². The Bertz CT molecular complexity index is 1150. The van der Waals surface area contributed by atoms with E-state index in [1.54, 1.807) is 4.90 Å². The summed E-state index contributed by atoms with van der Waals surface area (Å²) in [4.78, 5) is 26.4. The number of ether oxygens (including phenoxy) is 2. The number of nitrogens with zero attached hydrogens (tertiary/aromatic N) is 6. The fourth-order valence-electron chi connectivity index (χ4n) is 3.44. The average molecular weight is 424 g/mol. The van der Waals surface area contributed by atoms with Gasteiger partial charge in [-0.2, -0.15) is 10.2 Å². The third kappa shape index (κ3) is 4.26. The number of piperidine rings is 1. The van der Waals surface area contributed by atoms with Gasteiger partial charge in [-0.05, 0) is 32.0 Å². The highest BCUT2D eigenvalue weighted by Crippen LogP contribution is 2.26. The van der Waals surface area contributed by atoms with Crippen molar-refractivity contribution in [2.75, 3.05) is 13.1 Å². The van der Waals surface area contributed by atoms with Gasteiger partial charge < -0.3 is 14.4 Å². The smallest absolute Gasteiger partial charge is 0.410 e. The van der Waals surface area contributed by atoms with Gasteiger partial charge in [0.05, 0.1) is 23.4 Å². The fraction of sp³-hybridized carbons (Fsp3) is 0.381. The monoisotopic (exact) mass is 424 g/mol. The molecule has 2 aromatic heterocycles. The van der Waals surface area contributed by atoms with Crippen LogP contribution < -0.4 is 4.74 Å². The van der Waals surface area contributed by atoms with Gasteiger partial charge in [-0.3, -0.25) is 4.57 Å². The minimum atomic E-state index is -0.555. The summed E-state index contributed by atoms with van der Waals surface area (Å²) in [5.41, 5.74) is 1.26. The molecule has 3 aromatic rings. The van der Waals surface area contributed by atoms with E-state index in [-0.39, 0.29) is 29.6 Å². The van der Waals surface area contributed by atoms with Crippen molar-refractivity contribution in [1.82, 2.24) is 24.4 Å². The van der Waals surface area contributed by atoms with Crippen LogP contribution in [0.5, 0.6) is 5.88 Å². The second-order valence-corrected chi connectivity index (χ2v) is 7.48. The fourth-order valence-corrected chi connectivity index (χ4v) is 3.44. The molecule has 1 amide bonds. The highest BCUT2D eigenvalue weighted by atomic mass is 19.1. The summed E-state index contributed by atoms with van der Waals surface area (Å²) in [6, 6.07) is 6.11. The molecule has 1 aromatic carbocycles.